The van der Waals surface area contributed by atoms with Gasteiger partial charge in [-0.25, -0.2) is 4.98 Å². The summed E-state index contributed by atoms with van der Waals surface area (Å²) in [6.45, 7) is 1.35. The summed E-state index contributed by atoms with van der Waals surface area (Å²) in [4.78, 5) is 11.7. The van der Waals surface area contributed by atoms with Crippen molar-refractivity contribution in [1.82, 2.24) is 15.0 Å². The third kappa shape index (κ3) is 2.69. The van der Waals surface area contributed by atoms with E-state index in [2.05, 4.69) is 38.5 Å². The Morgan fingerprint density at radius 1 is 1.40 bits per heavy atom. The summed E-state index contributed by atoms with van der Waals surface area (Å²) in [5.41, 5.74) is 8.69. The molecule has 0 radical (unpaired) electrons. The first-order chi connectivity index (χ1) is 9.76. The number of anilines is 1. The Hall–Kier alpha value is -1.85. The maximum atomic E-state index is 5.97. The standard InChI is InChI=1S/C14H16ClN5/c15-14-19-12(17-8-9-3-1-2-4-9)11-7-10(5-6-16)18-13(11)20-14/h1-3,7H,4-6,8,16H2,(H2,17,18,19,20). The molecule has 0 bridgehead atoms. The second-order valence-corrected chi connectivity index (χ2v) is 5.09. The Balaban J connectivity index is 1.87. The molecule has 2 heterocycles. The van der Waals surface area contributed by atoms with Crippen LogP contribution >= 0.6 is 11.6 Å². The quantitative estimate of drug-likeness (QED) is 0.739. The van der Waals surface area contributed by atoms with Gasteiger partial charge in [0.25, 0.3) is 0 Å². The normalized spacial score (nSPS) is 14.0. The third-order valence-corrected chi connectivity index (χ3v) is 3.43. The van der Waals surface area contributed by atoms with Crippen molar-refractivity contribution in [3.63, 3.8) is 0 Å². The largest absolute Gasteiger partial charge is 0.366 e. The van der Waals surface area contributed by atoms with Crippen LogP contribution in [0, 0.1) is 0 Å². The van der Waals surface area contributed by atoms with Gasteiger partial charge in [0.15, 0.2) is 0 Å². The average molecular weight is 290 g/mol. The van der Waals surface area contributed by atoms with Gasteiger partial charge in [0, 0.05) is 12.2 Å². The fourth-order valence-electron chi connectivity index (χ4n) is 2.28. The molecule has 2 aromatic rings. The molecule has 0 saturated carbocycles. The summed E-state index contributed by atoms with van der Waals surface area (Å²) < 4.78 is 0. The molecule has 5 nitrogen and oxygen atoms in total. The molecule has 0 aromatic carbocycles. The highest BCUT2D eigenvalue weighted by atomic mass is 35.5. The van der Waals surface area contributed by atoms with Crippen LogP contribution < -0.4 is 11.1 Å². The number of hydrogen-bond donors (Lipinski definition) is 3. The van der Waals surface area contributed by atoms with E-state index >= 15 is 0 Å². The van der Waals surface area contributed by atoms with Crippen molar-refractivity contribution in [3.05, 3.63) is 40.8 Å². The molecule has 6 heteroatoms. The highest BCUT2D eigenvalue weighted by molar-refractivity contribution is 6.28. The molecule has 0 spiro atoms. The maximum Gasteiger partial charge on any atom is 0.226 e. The van der Waals surface area contributed by atoms with Crippen molar-refractivity contribution >= 4 is 28.5 Å². The van der Waals surface area contributed by atoms with Gasteiger partial charge in [0.2, 0.25) is 5.28 Å². The third-order valence-electron chi connectivity index (χ3n) is 3.26. The maximum absolute atomic E-state index is 5.97. The summed E-state index contributed by atoms with van der Waals surface area (Å²) >= 11 is 5.97. The highest BCUT2D eigenvalue weighted by Gasteiger charge is 2.10. The molecular formula is C14H16ClN5. The van der Waals surface area contributed by atoms with E-state index in [1.54, 1.807) is 0 Å². The van der Waals surface area contributed by atoms with Crippen LogP contribution in [0.4, 0.5) is 5.82 Å². The van der Waals surface area contributed by atoms with Crippen LogP contribution in [0.2, 0.25) is 5.28 Å². The zero-order valence-corrected chi connectivity index (χ0v) is 11.7. The van der Waals surface area contributed by atoms with E-state index in [4.69, 9.17) is 17.3 Å². The lowest BCUT2D eigenvalue weighted by Crippen LogP contribution is -2.06. The van der Waals surface area contributed by atoms with E-state index in [-0.39, 0.29) is 5.28 Å². The Labute approximate surface area is 121 Å². The van der Waals surface area contributed by atoms with E-state index in [9.17, 15) is 0 Å². The number of halogens is 1. The second-order valence-electron chi connectivity index (χ2n) is 4.75. The fraction of sp³-hybridized carbons (Fsp3) is 0.286. The Bertz CT molecular complexity index is 686. The Kier molecular flexibility index (Phi) is 3.71. The van der Waals surface area contributed by atoms with E-state index in [1.807, 2.05) is 6.07 Å². The van der Waals surface area contributed by atoms with Gasteiger partial charge in [0.1, 0.15) is 11.5 Å². The molecule has 0 atom stereocenters. The van der Waals surface area contributed by atoms with Crippen LogP contribution in [0.1, 0.15) is 12.1 Å². The first kappa shape index (κ1) is 13.1. The zero-order chi connectivity index (χ0) is 13.9. The monoisotopic (exact) mass is 289 g/mol. The van der Waals surface area contributed by atoms with E-state index in [0.29, 0.717) is 6.54 Å². The molecule has 2 aromatic heterocycles. The minimum absolute atomic E-state index is 0.236. The van der Waals surface area contributed by atoms with Crippen LogP contribution in [0.3, 0.4) is 0 Å². The van der Waals surface area contributed by atoms with E-state index in [1.165, 1.54) is 5.57 Å². The van der Waals surface area contributed by atoms with Crippen LogP contribution in [0.5, 0.6) is 0 Å². The van der Waals surface area contributed by atoms with Gasteiger partial charge in [-0.1, -0.05) is 18.2 Å². The minimum atomic E-state index is 0.236. The lowest BCUT2D eigenvalue weighted by atomic mass is 10.2. The summed E-state index contributed by atoms with van der Waals surface area (Å²) in [6.07, 6.45) is 8.08. The number of aromatic amines is 1. The van der Waals surface area contributed by atoms with Gasteiger partial charge in [-0.2, -0.15) is 4.98 Å². The SMILES string of the molecule is NCCc1cc2c(NCC3=CC=CC3)nc(Cl)nc2[nH]1. The number of hydrogen-bond acceptors (Lipinski definition) is 4. The minimum Gasteiger partial charge on any atom is -0.366 e. The number of aromatic nitrogens is 3. The predicted octanol–water partition coefficient (Wildman–Crippen LogP) is 2.41. The molecular weight excluding hydrogens is 274 g/mol. The van der Waals surface area contributed by atoms with Gasteiger partial charge in [-0.3, -0.25) is 0 Å². The zero-order valence-electron chi connectivity index (χ0n) is 11.0. The van der Waals surface area contributed by atoms with Gasteiger partial charge >= 0.3 is 0 Å². The summed E-state index contributed by atoms with van der Waals surface area (Å²) in [5.74, 6) is 0.757. The first-order valence-electron chi connectivity index (χ1n) is 6.60. The van der Waals surface area contributed by atoms with Crippen LogP contribution in [-0.4, -0.2) is 28.0 Å². The molecule has 0 aliphatic heterocycles. The highest BCUT2D eigenvalue weighted by Crippen LogP contribution is 2.24. The summed E-state index contributed by atoms with van der Waals surface area (Å²) in [6, 6.07) is 2.03. The van der Waals surface area contributed by atoms with Crippen LogP contribution in [-0.2, 0) is 6.42 Å². The molecule has 0 fully saturated rings. The van der Waals surface area contributed by atoms with Crippen molar-refractivity contribution in [1.29, 1.82) is 0 Å². The molecule has 104 valence electrons. The molecule has 0 amide bonds. The van der Waals surface area contributed by atoms with Gasteiger partial charge in [-0.05, 0) is 42.6 Å². The van der Waals surface area contributed by atoms with E-state index < -0.39 is 0 Å². The number of H-pyrrole nitrogens is 1. The molecule has 0 unspecified atom stereocenters. The molecule has 1 aliphatic carbocycles. The number of allylic oxidation sites excluding steroid dienone is 3. The molecule has 3 rings (SSSR count). The summed E-state index contributed by atoms with van der Waals surface area (Å²) in [5, 5.41) is 4.52. The number of nitrogens with zero attached hydrogens (tertiary/aromatic N) is 2. The molecule has 1 aliphatic rings. The Morgan fingerprint density at radius 2 is 2.30 bits per heavy atom. The average Bonchev–Trinajstić information content (AvgIpc) is 3.05. The van der Waals surface area contributed by atoms with Gasteiger partial charge < -0.3 is 16.0 Å². The van der Waals surface area contributed by atoms with Crippen LogP contribution in [0.25, 0.3) is 11.0 Å². The lowest BCUT2D eigenvalue weighted by molar-refractivity contribution is 0.937. The lowest BCUT2D eigenvalue weighted by Gasteiger charge is -2.07. The number of nitrogens with one attached hydrogen (secondary N) is 2. The van der Waals surface area contributed by atoms with Crippen molar-refractivity contribution in [2.24, 2.45) is 5.73 Å². The Morgan fingerprint density at radius 3 is 3.05 bits per heavy atom. The van der Waals surface area contributed by atoms with Gasteiger partial charge in [0.05, 0.1) is 5.39 Å². The molecule has 0 saturated heterocycles. The smallest absolute Gasteiger partial charge is 0.226 e. The predicted molar refractivity (Wildman–Crippen MR) is 82.0 cm³/mol. The first-order valence-corrected chi connectivity index (χ1v) is 6.97. The number of fused-ring (bicyclic) bond motifs is 1. The van der Waals surface area contributed by atoms with Crippen molar-refractivity contribution in [2.75, 3.05) is 18.4 Å². The van der Waals surface area contributed by atoms with E-state index in [0.717, 1.165) is 41.9 Å². The van der Waals surface area contributed by atoms with Gasteiger partial charge in [-0.15, -0.1) is 0 Å². The second kappa shape index (κ2) is 5.64. The topological polar surface area (TPSA) is 79.6 Å². The number of nitrogens with two attached hydrogens (primary N) is 1. The van der Waals surface area contributed by atoms with Crippen molar-refractivity contribution in [2.45, 2.75) is 12.8 Å². The van der Waals surface area contributed by atoms with Crippen molar-refractivity contribution < 1.29 is 0 Å². The van der Waals surface area contributed by atoms with Crippen molar-refractivity contribution in [3.8, 4) is 0 Å². The molecule has 4 N–H and O–H groups in total. The fourth-order valence-corrected chi connectivity index (χ4v) is 2.45. The molecule has 20 heavy (non-hydrogen) atoms. The number of rotatable bonds is 5. The van der Waals surface area contributed by atoms with Crippen LogP contribution in [0.15, 0.2) is 29.9 Å². The summed E-state index contributed by atoms with van der Waals surface area (Å²) in [7, 11) is 0.